The summed E-state index contributed by atoms with van der Waals surface area (Å²) < 4.78 is 41.3. The number of ether oxygens (including phenoxy) is 2. The minimum Gasteiger partial charge on any atom is -0.495 e. The Balaban J connectivity index is 1.44. The number of nitrogens with zero attached hydrogens (tertiary/aromatic N) is 3. The number of carbonyl (C=O) groups is 1. The highest BCUT2D eigenvalue weighted by Gasteiger charge is 2.22. The van der Waals surface area contributed by atoms with Crippen molar-refractivity contribution in [3.63, 3.8) is 0 Å². The molecule has 202 valence electrons. The number of pyridine rings is 3. The van der Waals surface area contributed by atoms with Crippen LogP contribution in [0.3, 0.4) is 0 Å². The summed E-state index contributed by atoms with van der Waals surface area (Å²) in [5.41, 5.74) is 1.62. The summed E-state index contributed by atoms with van der Waals surface area (Å²) in [5.74, 6) is -1.24. The SMILES string of the molecule is COc1cnc2c(Oc3ccc(NC(=O)c4c(C)c(Br)c(C)n(-c5ccc(F)cc5)c4=O)cc3F)ccnc2c1. The van der Waals surface area contributed by atoms with E-state index in [0.717, 1.165) is 6.07 Å². The van der Waals surface area contributed by atoms with Crippen LogP contribution in [-0.4, -0.2) is 27.6 Å². The molecule has 8 nitrogen and oxygen atoms in total. The van der Waals surface area contributed by atoms with Crippen LogP contribution < -0.4 is 20.3 Å². The third-order valence-electron chi connectivity index (χ3n) is 6.25. The van der Waals surface area contributed by atoms with E-state index in [-0.39, 0.29) is 22.7 Å². The number of methoxy groups -OCH3 is 1. The molecule has 0 aliphatic heterocycles. The van der Waals surface area contributed by atoms with Crippen LogP contribution in [0.4, 0.5) is 14.5 Å². The lowest BCUT2D eigenvalue weighted by molar-refractivity contribution is 0.102. The number of rotatable bonds is 6. The third kappa shape index (κ3) is 5.03. The van der Waals surface area contributed by atoms with E-state index in [1.165, 1.54) is 60.5 Å². The Labute approximate surface area is 235 Å². The molecule has 3 heterocycles. The van der Waals surface area contributed by atoms with Crippen molar-refractivity contribution in [3.05, 3.63) is 110 Å². The van der Waals surface area contributed by atoms with E-state index < -0.39 is 23.1 Å². The Morgan fingerprint density at radius 1 is 1.00 bits per heavy atom. The summed E-state index contributed by atoms with van der Waals surface area (Å²) in [6.07, 6.45) is 3.01. The topological polar surface area (TPSA) is 95.3 Å². The highest BCUT2D eigenvalue weighted by Crippen LogP contribution is 2.32. The number of benzene rings is 2. The second kappa shape index (κ2) is 10.9. The normalized spacial score (nSPS) is 10.9. The largest absolute Gasteiger partial charge is 0.495 e. The predicted molar refractivity (Wildman–Crippen MR) is 150 cm³/mol. The van der Waals surface area contributed by atoms with Gasteiger partial charge in [-0.1, -0.05) is 0 Å². The maximum Gasteiger partial charge on any atom is 0.268 e. The lowest BCUT2D eigenvalue weighted by Gasteiger charge is -2.17. The van der Waals surface area contributed by atoms with Crippen LogP contribution in [0.1, 0.15) is 21.6 Å². The molecule has 3 aromatic heterocycles. The lowest BCUT2D eigenvalue weighted by Crippen LogP contribution is -2.31. The average molecular weight is 607 g/mol. The van der Waals surface area contributed by atoms with E-state index in [4.69, 9.17) is 9.47 Å². The fraction of sp³-hybridized carbons (Fsp3) is 0.103. The molecule has 0 unspecified atom stereocenters. The summed E-state index contributed by atoms with van der Waals surface area (Å²) in [4.78, 5) is 35.2. The highest BCUT2D eigenvalue weighted by molar-refractivity contribution is 9.10. The van der Waals surface area contributed by atoms with Crippen molar-refractivity contribution in [1.82, 2.24) is 14.5 Å². The van der Waals surface area contributed by atoms with E-state index in [0.29, 0.717) is 38.2 Å². The van der Waals surface area contributed by atoms with E-state index in [9.17, 15) is 14.0 Å². The van der Waals surface area contributed by atoms with Crippen LogP contribution in [0.5, 0.6) is 17.2 Å². The van der Waals surface area contributed by atoms with Gasteiger partial charge < -0.3 is 14.8 Å². The summed E-state index contributed by atoms with van der Waals surface area (Å²) in [7, 11) is 1.51. The Kier molecular flexibility index (Phi) is 7.31. The maximum atomic E-state index is 15.1. The average Bonchev–Trinajstić information content (AvgIpc) is 2.94. The summed E-state index contributed by atoms with van der Waals surface area (Å²) in [6.45, 7) is 3.33. The quantitative estimate of drug-likeness (QED) is 0.237. The lowest BCUT2D eigenvalue weighted by atomic mass is 10.1. The van der Waals surface area contributed by atoms with Crippen molar-refractivity contribution >= 4 is 38.6 Å². The first-order chi connectivity index (χ1) is 19.2. The molecule has 0 bridgehead atoms. The first-order valence-electron chi connectivity index (χ1n) is 11.9. The van der Waals surface area contributed by atoms with Gasteiger partial charge in [0.15, 0.2) is 17.3 Å². The molecular weight excluding hydrogens is 586 g/mol. The summed E-state index contributed by atoms with van der Waals surface area (Å²) in [6, 6.07) is 12.5. The van der Waals surface area contributed by atoms with Gasteiger partial charge in [-0.05, 0) is 71.7 Å². The molecule has 0 atom stereocenters. The number of halogens is 3. The van der Waals surface area contributed by atoms with Crippen LogP contribution in [0.15, 0.2) is 76.3 Å². The Bertz CT molecular complexity index is 1840. The van der Waals surface area contributed by atoms with Crippen LogP contribution in [0.25, 0.3) is 16.7 Å². The second-order valence-corrected chi connectivity index (χ2v) is 9.56. The van der Waals surface area contributed by atoms with Gasteiger partial charge in [0.1, 0.15) is 22.6 Å². The van der Waals surface area contributed by atoms with Gasteiger partial charge in [-0.25, -0.2) is 13.8 Å². The molecule has 0 saturated heterocycles. The molecular formula is C29H21BrF2N4O4. The van der Waals surface area contributed by atoms with Crippen molar-refractivity contribution in [3.8, 4) is 22.9 Å². The van der Waals surface area contributed by atoms with Crippen molar-refractivity contribution in [2.75, 3.05) is 12.4 Å². The number of amides is 1. The first-order valence-corrected chi connectivity index (χ1v) is 12.7. The van der Waals surface area contributed by atoms with E-state index in [1.54, 1.807) is 26.0 Å². The molecule has 5 aromatic rings. The van der Waals surface area contributed by atoms with Crippen molar-refractivity contribution < 1.29 is 23.0 Å². The number of carbonyl (C=O) groups excluding carboxylic acids is 1. The minimum atomic E-state index is -0.748. The smallest absolute Gasteiger partial charge is 0.268 e. The zero-order chi connectivity index (χ0) is 28.6. The van der Waals surface area contributed by atoms with Crippen LogP contribution in [0.2, 0.25) is 0 Å². The van der Waals surface area contributed by atoms with Crippen molar-refractivity contribution in [2.24, 2.45) is 0 Å². The van der Waals surface area contributed by atoms with Gasteiger partial charge in [0.2, 0.25) is 0 Å². The fourth-order valence-electron chi connectivity index (χ4n) is 4.23. The minimum absolute atomic E-state index is 0.101. The number of nitrogens with one attached hydrogen (secondary N) is 1. The number of fused-ring (bicyclic) bond motifs is 1. The molecule has 11 heteroatoms. The molecule has 5 rings (SSSR count). The highest BCUT2D eigenvalue weighted by atomic mass is 79.9. The van der Waals surface area contributed by atoms with Gasteiger partial charge in [-0.3, -0.25) is 19.1 Å². The number of hydrogen-bond acceptors (Lipinski definition) is 6. The van der Waals surface area contributed by atoms with Crippen molar-refractivity contribution in [1.29, 1.82) is 0 Å². The molecule has 0 aliphatic rings. The molecule has 1 amide bonds. The van der Waals surface area contributed by atoms with Gasteiger partial charge in [0.25, 0.3) is 11.5 Å². The maximum absolute atomic E-state index is 15.1. The van der Waals surface area contributed by atoms with E-state index in [2.05, 4.69) is 31.2 Å². The zero-order valence-electron chi connectivity index (χ0n) is 21.5. The Morgan fingerprint density at radius 3 is 2.45 bits per heavy atom. The third-order valence-corrected chi connectivity index (χ3v) is 7.42. The number of aromatic nitrogens is 3. The number of anilines is 1. The van der Waals surface area contributed by atoms with E-state index >= 15 is 4.39 Å². The summed E-state index contributed by atoms with van der Waals surface area (Å²) in [5, 5.41) is 2.58. The molecule has 2 aromatic carbocycles. The molecule has 0 aliphatic carbocycles. The standard InChI is InChI=1S/C29H21BrF2N4O4/c1-15-25(29(38)36(16(2)26(15)30)19-7-4-17(31)5-8-19)28(37)35-18-6-9-23(21(32)12-18)40-24-10-11-33-22-13-20(39-3)14-34-27(22)24/h4-14H,1-3H3,(H,35,37). The predicted octanol–water partition coefficient (Wildman–Crippen LogP) is 6.49. The van der Waals surface area contributed by atoms with Crippen LogP contribution in [0, 0.1) is 25.5 Å². The van der Waals surface area contributed by atoms with Crippen LogP contribution >= 0.6 is 15.9 Å². The Morgan fingerprint density at radius 2 is 1.75 bits per heavy atom. The first kappa shape index (κ1) is 26.9. The van der Waals surface area contributed by atoms with Gasteiger partial charge >= 0.3 is 0 Å². The monoisotopic (exact) mass is 606 g/mol. The molecule has 0 radical (unpaired) electrons. The molecule has 0 saturated carbocycles. The van der Waals surface area contributed by atoms with Gasteiger partial charge in [0, 0.05) is 45.9 Å². The van der Waals surface area contributed by atoms with Gasteiger partial charge in [-0.2, -0.15) is 0 Å². The molecule has 1 N–H and O–H groups in total. The zero-order valence-corrected chi connectivity index (χ0v) is 23.0. The second-order valence-electron chi connectivity index (χ2n) is 8.77. The summed E-state index contributed by atoms with van der Waals surface area (Å²) >= 11 is 3.45. The number of hydrogen-bond donors (Lipinski definition) is 1. The molecule has 0 spiro atoms. The van der Waals surface area contributed by atoms with Gasteiger partial charge in [-0.15, -0.1) is 0 Å². The fourth-order valence-corrected chi connectivity index (χ4v) is 4.60. The van der Waals surface area contributed by atoms with Crippen molar-refractivity contribution in [2.45, 2.75) is 13.8 Å². The van der Waals surface area contributed by atoms with Crippen LogP contribution in [-0.2, 0) is 0 Å². The van der Waals surface area contributed by atoms with Gasteiger partial charge in [0.05, 0.1) is 18.8 Å². The van der Waals surface area contributed by atoms with E-state index in [1.807, 2.05) is 0 Å². The molecule has 0 fully saturated rings. The molecule has 40 heavy (non-hydrogen) atoms. The Hall–Kier alpha value is -4.64.